The van der Waals surface area contributed by atoms with E-state index in [0.717, 1.165) is 25.1 Å². The van der Waals surface area contributed by atoms with Crippen LogP contribution in [-0.4, -0.2) is 13.7 Å². The van der Waals surface area contributed by atoms with Crippen LogP contribution in [0, 0.1) is 6.92 Å². The van der Waals surface area contributed by atoms with Crippen LogP contribution in [0.5, 0.6) is 5.75 Å². The van der Waals surface area contributed by atoms with Crippen LogP contribution >= 0.6 is 0 Å². The molecule has 20 heavy (non-hydrogen) atoms. The maximum absolute atomic E-state index is 5.33. The van der Waals surface area contributed by atoms with Gasteiger partial charge in [-0.05, 0) is 55.1 Å². The van der Waals surface area contributed by atoms with Crippen LogP contribution in [0.25, 0.3) is 0 Å². The summed E-state index contributed by atoms with van der Waals surface area (Å²) in [5, 5.41) is 3.64. The van der Waals surface area contributed by atoms with Gasteiger partial charge in [0, 0.05) is 6.04 Å². The molecule has 2 aromatic carbocycles. The molecule has 0 radical (unpaired) electrons. The van der Waals surface area contributed by atoms with Gasteiger partial charge in [0.25, 0.3) is 0 Å². The summed E-state index contributed by atoms with van der Waals surface area (Å²) in [5.74, 6) is 0.958. The largest absolute Gasteiger partial charge is 0.497 e. The van der Waals surface area contributed by atoms with Crippen molar-refractivity contribution in [1.82, 2.24) is 5.32 Å². The van der Waals surface area contributed by atoms with Gasteiger partial charge in [0.05, 0.1) is 7.11 Å². The molecule has 1 aliphatic heterocycles. The zero-order valence-electron chi connectivity index (χ0n) is 12.1. The quantitative estimate of drug-likeness (QED) is 0.920. The second-order valence-electron chi connectivity index (χ2n) is 5.51. The van der Waals surface area contributed by atoms with Crippen LogP contribution in [0.2, 0.25) is 0 Å². The summed E-state index contributed by atoms with van der Waals surface area (Å²) in [6.07, 6.45) is 2.12. The molecule has 2 aromatic rings. The normalized spacial score (nSPS) is 17.6. The number of methoxy groups -OCH3 is 1. The smallest absolute Gasteiger partial charge is 0.119 e. The molecule has 0 amide bonds. The fourth-order valence-corrected chi connectivity index (χ4v) is 2.90. The Balaban J connectivity index is 1.84. The van der Waals surface area contributed by atoms with Crippen molar-refractivity contribution < 1.29 is 4.74 Å². The average Bonchev–Trinajstić information content (AvgIpc) is 2.49. The summed E-state index contributed by atoms with van der Waals surface area (Å²) in [4.78, 5) is 0. The van der Waals surface area contributed by atoms with E-state index >= 15 is 0 Å². The number of ether oxygens (including phenoxy) is 1. The van der Waals surface area contributed by atoms with E-state index in [0.29, 0.717) is 6.04 Å². The van der Waals surface area contributed by atoms with Gasteiger partial charge in [-0.25, -0.2) is 0 Å². The second kappa shape index (κ2) is 5.68. The lowest BCUT2D eigenvalue weighted by molar-refractivity contribution is 0.412. The Morgan fingerprint density at radius 3 is 2.70 bits per heavy atom. The van der Waals surface area contributed by atoms with Crippen LogP contribution in [0.1, 0.15) is 28.3 Å². The van der Waals surface area contributed by atoms with Crippen molar-refractivity contribution in [3.05, 3.63) is 64.7 Å². The Hall–Kier alpha value is -1.80. The third-order valence-corrected chi connectivity index (χ3v) is 4.07. The Labute approximate surface area is 120 Å². The highest BCUT2D eigenvalue weighted by molar-refractivity contribution is 5.40. The van der Waals surface area contributed by atoms with Crippen molar-refractivity contribution in [3.8, 4) is 5.75 Å². The number of hydrogen-bond donors (Lipinski definition) is 1. The summed E-state index contributed by atoms with van der Waals surface area (Å²) in [6.45, 7) is 3.17. The van der Waals surface area contributed by atoms with E-state index in [1.807, 2.05) is 0 Å². The third kappa shape index (κ3) is 2.70. The molecule has 0 bridgehead atoms. The maximum atomic E-state index is 5.33. The molecule has 1 aliphatic rings. The van der Waals surface area contributed by atoms with Crippen molar-refractivity contribution in [2.24, 2.45) is 0 Å². The number of hydrogen-bond acceptors (Lipinski definition) is 2. The van der Waals surface area contributed by atoms with E-state index in [1.54, 1.807) is 7.11 Å². The molecular weight excluding hydrogens is 246 g/mol. The summed E-state index contributed by atoms with van der Waals surface area (Å²) >= 11 is 0. The van der Waals surface area contributed by atoms with E-state index in [4.69, 9.17) is 4.74 Å². The van der Waals surface area contributed by atoms with E-state index in [2.05, 4.69) is 54.7 Å². The lowest BCUT2D eigenvalue weighted by Gasteiger charge is -2.27. The number of aryl methyl sites for hydroxylation is 1. The first-order valence-electron chi connectivity index (χ1n) is 7.22. The number of nitrogens with one attached hydrogen (secondary N) is 1. The molecule has 0 saturated carbocycles. The van der Waals surface area contributed by atoms with Crippen molar-refractivity contribution in [1.29, 1.82) is 0 Å². The van der Waals surface area contributed by atoms with Gasteiger partial charge in [0.15, 0.2) is 0 Å². The van der Waals surface area contributed by atoms with Crippen LogP contribution in [0.15, 0.2) is 42.5 Å². The third-order valence-electron chi connectivity index (χ3n) is 4.07. The average molecular weight is 267 g/mol. The Morgan fingerprint density at radius 1 is 1.15 bits per heavy atom. The van der Waals surface area contributed by atoms with Crippen molar-refractivity contribution >= 4 is 0 Å². The van der Waals surface area contributed by atoms with E-state index < -0.39 is 0 Å². The highest BCUT2D eigenvalue weighted by Gasteiger charge is 2.20. The minimum Gasteiger partial charge on any atom is -0.497 e. The molecule has 1 unspecified atom stereocenters. The number of rotatable bonds is 3. The van der Waals surface area contributed by atoms with Gasteiger partial charge in [-0.2, -0.15) is 0 Å². The molecule has 1 atom stereocenters. The monoisotopic (exact) mass is 267 g/mol. The Morgan fingerprint density at radius 2 is 1.95 bits per heavy atom. The van der Waals surface area contributed by atoms with Gasteiger partial charge in [0.1, 0.15) is 5.75 Å². The topological polar surface area (TPSA) is 21.3 Å². The molecule has 2 heteroatoms. The van der Waals surface area contributed by atoms with Crippen LogP contribution in [-0.2, 0) is 12.8 Å². The van der Waals surface area contributed by atoms with E-state index in [-0.39, 0.29) is 0 Å². The van der Waals surface area contributed by atoms with Crippen molar-refractivity contribution in [2.45, 2.75) is 25.8 Å². The van der Waals surface area contributed by atoms with Gasteiger partial charge < -0.3 is 10.1 Å². The highest BCUT2D eigenvalue weighted by atomic mass is 16.5. The summed E-state index contributed by atoms with van der Waals surface area (Å²) in [5.41, 5.74) is 5.53. The molecule has 0 saturated heterocycles. The molecule has 1 N–H and O–H groups in total. The van der Waals surface area contributed by atoms with Gasteiger partial charge in [-0.3, -0.25) is 0 Å². The Bertz CT molecular complexity index is 589. The summed E-state index contributed by atoms with van der Waals surface area (Å²) in [6, 6.07) is 15.7. The lowest BCUT2D eigenvalue weighted by atomic mass is 9.90. The van der Waals surface area contributed by atoms with Crippen LogP contribution in [0.4, 0.5) is 0 Å². The molecule has 1 heterocycles. The summed E-state index contributed by atoms with van der Waals surface area (Å²) < 4.78 is 5.33. The first-order valence-corrected chi connectivity index (χ1v) is 7.22. The minimum absolute atomic E-state index is 0.410. The lowest BCUT2D eigenvalue weighted by Crippen LogP contribution is -2.31. The first kappa shape index (κ1) is 13.2. The molecule has 3 rings (SSSR count). The summed E-state index contributed by atoms with van der Waals surface area (Å²) in [7, 11) is 1.73. The fraction of sp³-hybridized carbons (Fsp3) is 0.333. The van der Waals surface area contributed by atoms with Gasteiger partial charge >= 0.3 is 0 Å². The van der Waals surface area contributed by atoms with Gasteiger partial charge in [-0.1, -0.05) is 35.9 Å². The molecule has 0 aromatic heterocycles. The second-order valence-corrected chi connectivity index (χ2v) is 5.51. The zero-order valence-corrected chi connectivity index (χ0v) is 12.1. The molecule has 0 aliphatic carbocycles. The van der Waals surface area contributed by atoms with Crippen molar-refractivity contribution in [2.75, 3.05) is 13.7 Å². The van der Waals surface area contributed by atoms with Gasteiger partial charge in [-0.15, -0.1) is 0 Å². The van der Waals surface area contributed by atoms with Crippen LogP contribution < -0.4 is 10.1 Å². The number of benzene rings is 2. The van der Waals surface area contributed by atoms with Crippen LogP contribution in [0.3, 0.4) is 0 Å². The Kier molecular flexibility index (Phi) is 3.75. The fourth-order valence-electron chi connectivity index (χ4n) is 2.90. The standard InChI is InChI=1S/C18H21NO/c1-13-3-5-14(6-4-13)11-18-17-8-7-16(20-2)12-15(17)9-10-19-18/h3-8,12,18-19H,9-11H2,1-2H3. The molecule has 104 valence electrons. The van der Waals surface area contributed by atoms with E-state index in [9.17, 15) is 0 Å². The molecule has 0 fully saturated rings. The highest BCUT2D eigenvalue weighted by Crippen LogP contribution is 2.29. The molecule has 0 spiro atoms. The number of fused-ring (bicyclic) bond motifs is 1. The zero-order chi connectivity index (χ0) is 13.9. The predicted octanol–water partition coefficient (Wildman–Crippen LogP) is 3.43. The minimum atomic E-state index is 0.410. The molecular formula is C18H21NO. The van der Waals surface area contributed by atoms with Gasteiger partial charge in [0.2, 0.25) is 0 Å². The first-order chi connectivity index (χ1) is 9.76. The van der Waals surface area contributed by atoms with Crippen molar-refractivity contribution in [3.63, 3.8) is 0 Å². The SMILES string of the molecule is COc1ccc2c(c1)CCNC2Cc1ccc(C)cc1. The molecule has 2 nitrogen and oxygen atoms in total. The predicted molar refractivity (Wildman–Crippen MR) is 82.3 cm³/mol. The van der Waals surface area contributed by atoms with E-state index in [1.165, 1.54) is 22.3 Å². The maximum Gasteiger partial charge on any atom is 0.119 e.